The summed E-state index contributed by atoms with van der Waals surface area (Å²) in [7, 11) is 3.12. The van der Waals surface area contributed by atoms with Crippen LogP contribution in [-0.2, 0) is 0 Å². The average molecular weight is 378 g/mol. The second-order valence-electron chi connectivity index (χ2n) is 7.51. The molecule has 0 unspecified atom stereocenters. The van der Waals surface area contributed by atoms with E-state index in [0.717, 1.165) is 32.5 Å². The van der Waals surface area contributed by atoms with Crippen molar-refractivity contribution < 1.29 is 24.5 Å². The summed E-state index contributed by atoms with van der Waals surface area (Å²) in [6.07, 6.45) is 1.40. The van der Waals surface area contributed by atoms with Crippen LogP contribution >= 0.6 is 0 Å². The number of piperidine rings is 1. The highest BCUT2D eigenvalue weighted by Gasteiger charge is 2.36. The van der Waals surface area contributed by atoms with E-state index in [0.29, 0.717) is 30.2 Å². The summed E-state index contributed by atoms with van der Waals surface area (Å²) in [5, 5.41) is 19.5. The first-order valence-corrected chi connectivity index (χ1v) is 9.58. The van der Waals surface area contributed by atoms with Crippen LogP contribution in [-0.4, -0.2) is 85.6 Å². The van der Waals surface area contributed by atoms with Gasteiger partial charge in [-0.1, -0.05) is 0 Å². The van der Waals surface area contributed by atoms with Gasteiger partial charge in [0.15, 0.2) is 11.5 Å². The number of methoxy groups -OCH3 is 2. The molecule has 2 saturated heterocycles. The zero-order valence-electron chi connectivity index (χ0n) is 16.1. The van der Waals surface area contributed by atoms with Gasteiger partial charge in [-0.05, 0) is 37.0 Å². The minimum absolute atomic E-state index is 0.0500. The van der Waals surface area contributed by atoms with Gasteiger partial charge in [-0.2, -0.15) is 0 Å². The van der Waals surface area contributed by atoms with E-state index in [1.807, 2.05) is 4.90 Å². The number of rotatable bonds is 6. The number of hydrogen-bond donors (Lipinski definition) is 2. The predicted octanol–water partition coefficient (Wildman–Crippen LogP) is 0.841. The van der Waals surface area contributed by atoms with Gasteiger partial charge in [0.1, 0.15) is 0 Å². The third-order valence-electron chi connectivity index (χ3n) is 5.78. The van der Waals surface area contributed by atoms with Gasteiger partial charge in [0, 0.05) is 50.8 Å². The monoisotopic (exact) mass is 378 g/mol. The van der Waals surface area contributed by atoms with Crippen LogP contribution in [0.3, 0.4) is 0 Å². The molecule has 1 aromatic carbocycles. The van der Waals surface area contributed by atoms with E-state index in [1.54, 1.807) is 32.4 Å². The summed E-state index contributed by atoms with van der Waals surface area (Å²) in [6.45, 7) is 3.88. The molecule has 2 atom stereocenters. The van der Waals surface area contributed by atoms with Crippen LogP contribution in [0.4, 0.5) is 0 Å². The van der Waals surface area contributed by atoms with Crippen LogP contribution in [0.2, 0.25) is 0 Å². The quantitative estimate of drug-likeness (QED) is 0.763. The fourth-order valence-electron chi connectivity index (χ4n) is 4.10. The van der Waals surface area contributed by atoms with Gasteiger partial charge in [0.2, 0.25) is 0 Å². The van der Waals surface area contributed by atoms with E-state index in [9.17, 15) is 15.0 Å². The van der Waals surface area contributed by atoms with Gasteiger partial charge in [-0.25, -0.2) is 0 Å². The second-order valence-corrected chi connectivity index (χ2v) is 7.51. The molecule has 0 aliphatic carbocycles. The van der Waals surface area contributed by atoms with Crippen LogP contribution in [0, 0.1) is 11.8 Å². The number of carbonyl (C=O) groups is 1. The Kier molecular flexibility index (Phi) is 6.57. The summed E-state index contributed by atoms with van der Waals surface area (Å²) in [5.41, 5.74) is 0.561. The van der Waals surface area contributed by atoms with Gasteiger partial charge >= 0.3 is 0 Å². The number of aliphatic hydroxyl groups excluding tert-OH is 2. The lowest BCUT2D eigenvalue weighted by Crippen LogP contribution is -2.40. The molecule has 27 heavy (non-hydrogen) atoms. The van der Waals surface area contributed by atoms with Gasteiger partial charge in [-0.3, -0.25) is 4.79 Å². The molecule has 2 aliphatic heterocycles. The van der Waals surface area contributed by atoms with E-state index < -0.39 is 0 Å². The Morgan fingerprint density at radius 3 is 2.41 bits per heavy atom. The van der Waals surface area contributed by atoms with Crippen molar-refractivity contribution in [3.05, 3.63) is 23.8 Å². The van der Waals surface area contributed by atoms with Gasteiger partial charge < -0.3 is 29.5 Å². The number of hydrogen-bond acceptors (Lipinski definition) is 6. The molecule has 0 bridgehead atoms. The Morgan fingerprint density at radius 2 is 1.78 bits per heavy atom. The number of likely N-dealkylation sites (tertiary alicyclic amines) is 2. The van der Waals surface area contributed by atoms with Crippen molar-refractivity contribution in [3.8, 4) is 11.5 Å². The lowest BCUT2D eigenvalue weighted by atomic mass is 9.95. The summed E-state index contributed by atoms with van der Waals surface area (Å²) in [4.78, 5) is 17.1. The van der Waals surface area contributed by atoms with Crippen LogP contribution in [0.15, 0.2) is 18.2 Å². The molecular formula is C20H30N2O5. The van der Waals surface area contributed by atoms with E-state index in [4.69, 9.17) is 9.47 Å². The maximum atomic E-state index is 13.0. The molecule has 2 fully saturated rings. The van der Waals surface area contributed by atoms with Crippen LogP contribution in [0.5, 0.6) is 11.5 Å². The molecule has 2 aliphatic rings. The van der Waals surface area contributed by atoms with Crippen molar-refractivity contribution in [2.75, 3.05) is 53.6 Å². The van der Waals surface area contributed by atoms with E-state index >= 15 is 0 Å². The highest BCUT2D eigenvalue weighted by Crippen LogP contribution is 2.30. The molecule has 0 spiro atoms. The largest absolute Gasteiger partial charge is 0.493 e. The molecular weight excluding hydrogens is 348 g/mol. The number of nitrogens with zero attached hydrogens (tertiary/aromatic N) is 2. The molecule has 0 aromatic heterocycles. The standard InChI is InChI=1S/C20H30N2O5/c1-26-18-4-3-14(9-19(18)27-2)20(25)22-11-15(16(12-22)13-23)10-21-7-5-17(24)6-8-21/h3-4,9,15-17,23-24H,5-8,10-13H2,1-2H3/t15-,16-/m1/s1. The minimum Gasteiger partial charge on any atom is -0.493 e. The van der Waals surface area contributed by atoms with Crippen molar-refractivity contribution in [1.82, 2.24) is 9.80 Å². The van der Waals surface area contributed by atoms with E-state index in [2.05, 4.69) is 4.90 Å². The SMILES string of the molecule is COc1ccc(C(=O)N2C[C@@H](CN3CCC(O)CC3)[C@@H](CO)C2)cc1OC. The molecule has 0 saturated carbocycles. The number of benzene rings is 1. The fourth-order valence-corrected chi connectivity index (χ4v) is 4.10. The fraction of sp³-hybridized carbons (Fsp3) is 0.650. The smallest absolute Gasteiger partial charge is 0.254 e. The molecule has 150 valence electrons. The zero-order chi connectivity index (χ0) is 19.4. The van der Waals surface area contributed by atoms with Crippen molar-refractivity contribution in [1.29, 1.82) is 0 Å². The third-order valence-corrected chi connectivity index (χ3v) is 5.78. The summed E-state index contributed by atoms with van der Waals surface area (Å²) < 4.78 is 10.5. The third kappa shape index (κ3) is 4.54. The first-order chi connectivity index (χ1) is 13.0. The minimum atomic E-state index is -0.193. The van der Waals surface area contributed by atoms with Crippen molar-refractivity contribution >= 4 is 5.91 Å². The maximum Gasteiger partial charge on any atom is 0.254 e. The van der Waals surface area contributed by atoms with Crippen molar-refractivity contribution in [2.45, 2.75) is 18.9 Å². The lowest BCUT2D eigenvalue weighted by molar-refractivity contribution is 0.0679. The Balaban J connectivity index is 1.66. The zero-order valence-corrected chi connectivity index (χ0v) is 16.1. The van der Waals surface area contributed by atoms with Crippen LogP contribution in [0.1, 0.15) is 23.2 Å². The van der Waals surface area contributed by atoms with E-state index in [1.165, 1.54) is 0 Å². The number of carbonyl (C=O) groups excluding carboxylic acids is 1. The Bertz CT molecular complexity index is 645. The Morgan fingerprint density at radius 1 is 1.11 bits per heavy atom. The van der Waals surface area contributed by atoms with Gasteiger partial charge in [-0.15, -0.1) is 0 Å². The first kappa shape index (κ1) is 19.9. The lowest BCUT2D eigenvalue weighted by Gasteiger charge is -2.32. The normalized spacial score (nSPS) is 24.2. The Labute approximate surface area is 160 Å². The highest BCUT2D eigenvalue weighted by molar-refractivity contribution is 5.95. The molecule has 3 rings (SSSR count). The molecule has 1 aromatic rings. The molecule has 2 N–H and O–H groups in total. The van der Waals surface area contributed by atoms with Gasteiger partial charge in [0.25, 0.3) is 5.91 Å². The van der Waals surface area contributed by atoms with Crippen molar-refractivity contribution in [3.63, 3.8) is 0 Å². The number of amides is 1. The molecule has 7 heteroatoms. The van der Waals surface area contributed by atoms with Gasteiger partial charge in [0.05, 0.1) is 20.3 Å². The average Bonchev–Trinajstić information content (AvgIpc) is 3.11. The van der Waals surface area contributed by atoms with Crippen molar-refractivity contribution in [2.24, 2.45) is 11.8 Å². The topological polar surface area (TPSA) is 82.5 Å². The Hall–Kier alpha value is -1.83. The molecule has 7 nitrogen and oxygen atoms in total. The second kappa shape index (κ2) is 8.91. The number of aliphatic hydroxyl groups is 2. The summed E-state index contributed by atoms with van der Waals surface area (Å²) in [5.74, 6) is 1.40. The molecule has 2 heterocycles. The maximum absolute atomic E-state index is 13.0. The van der Waals surface area contributed by atoms with Crippen LogP contribution in [0.25, 0.3) is 0 Å². The van der Waals surface area contributed by atoms with Crippen LogP contribution < -0.4 is 9.47 Å². The molecule has 1 amide bonds. The predicted molar refractivity (Wildman–Crippen MR) is 101 cm³/mol. The summed E-state index contributed by atoms with van der Waals surface area (Å²) >= 11 is 0. The summed E-state index contributed by atoms with van der Waals surface area (Å²) in [6, 6.07) is 5.19. The van der Waals surface area contributed by atoms with E-state index in [-0.39, 0.29) is 30.5 Å². The highest BCUT2D eigenvalue weighted by atomic mass is 16.5. The first-order valence-electron chi connectivity index (χ1n) is 9.58. The number of ether oxygens (including phenoxy) is 2. The molecule has 0 radical (unpaired) electrons.